The van der Waals surface area contributed by atoms with E-state index in [9.17, 15) is 18.0 Å². The van der Waals surface area contributed by atoms with E-state index in [0.717, 1.165) is 19.3 Å². The first-order valence-corrected chi connectivity index (χ1v) is 10.5. The molecule has 2 amide bonds. The molecule has 1 heterocycles. The van der Waals surface area contributed by atoms with Crippen LogP contribution in [0.2, 0.25) is 0 Å². The molecular weight excluding hydrogens is 354 g/mol. The highest BCUT2D eigenvalue weighted by Gasteiger charge is 2.28. The number of sulfonamides is 1. The third kappa shape index (κ3) is 5.81. The van der Waals surface area contributed by atoms with Crippen molar-refractivity contribution < 1.29 is 18.0 Å². The fourth-order valence-corrected chi connectivity index (χ4v) is 4.00. The first-order chi connectivity index (χ1) is 12.4. The molecule has 1 fully saturated rings. The molecule has 0 aromatic heterocycles. The summed E-state index contributed by atoms with van der Waals surface area (Å²) in [5.41, 5.74) is 0. The van der Waals surface area contributed by atoms with Crippen molar-refractivity contribution >= 4 is 21.8 Å². The van der Waals surface area contributed by atoms with Crippen LogP contribution in [0, 0.1) is 5.92 Å². The summed E-state index contributed by atoms with van der Waals surface area (Å²) in [4.78, 5) is 26.3. The van der Waals surface area contributed by atoms with E-state index < -0.39 is 10.0 Å². The second kappa shape index (κ2) is 9.68. The van der Waals surface area contributed by atoms with Gasteiger partial charge in [0.15, 0.2) is 0 Å². The van der Waals surface area contributed by atoms with Crippen molar-refractivity contribution in [2.45, 2.75) is 37.5 Å². The van der Waals surface area contributed by atoms with Gasteiger partial charge in [0.1, 0.15) is 0 Å². The number of likely N-dealkylation sites (tertiary alicyclic amines) is 1. The van der Waals surface area contributed by atoms with E-state index in [1.54, 1.807) is 23.1 Å². The zero-order valence-electron chi connectivity index (χ0n) is 15.1. The molecule has 1 saturated heterocycles. The Bertz CT molecular complexity index is 706. The first kappa shape index (κ1) is 20.4. The minimum Gasteiger partial charge on any atom is -0.356 e. The average Bonchev–Trinajstić information content (AvgIpc) is 2.66. The van der Waals surface area contributed by atoms with Gasteiger partial charge in [-0.2, -0.15) is 0 Å². The van der Waals surface area contributed by atoms with Gasteiger partial charge in [0, 0.05) is 32.6 Å². The van der Waals surface area contributed by atoms with Crippen LogP contribution < -0.4 is 10.0 Å². The molecule has 0 radical (unpaired) electrons. The summed E-state index contributed by atoms with van der Waals surface area (Å²) in [6.45, 7) is 3.69. The van der Waals surface area contributed by atoms with Crippen LogP contribution in [-0.4, -0.2) is 51.3 Å². The molecule has 1 aliphatic heterocycles. The standard InChI is InChI=1S/C18H27N3O4S/c1-2-11-19-18(23)15-7-6-13-21(14-15)17(22)10-12-20-26(24,25)16-8-4-3-5-9-16/h3-5,8-9,15,20H,2,6-7,10-14H2,1H3,(H,19,23). The highest BCUT2D eigenvalue weighted by molar-refractivity contribution is 7.89. The monoisotopic (exact) mass is 381 g/mol. The number of rotatable bonds is 8. The van der Waals surface area contributed by atoms with Gasteiger partial charge in [0.25, 0.3) is 0 Å². The molecule has 0 bridgehead atoms. The minimum atomic E-state index is -3.61. The lowest BCUT2D eigenvalue weighted by atomic mass is 9.97. The SMILES string of the molecule is CCCNC(=O)C1CCCN(C(=O)CCNS(=O)(=O)c2ccccc2)C1. The van der Waals surface area contributed by atoms with Crippen LogP contribution in [0.5, 0.6) is 0 Å². The maximum Gasteiger partial charge on any atom is 0.240 e. The van der Waals surface area contributed by atoms with Crippen molar-refractivity contribution in [3.63, 3.8) is 0 Å². The number of nitrogens with zero attached hydrogens (tertiary/aromatic N) is 1. The van der Waals surface area contributed by atoms with E-state index in [4.69, 9.17) is 0 Å². The molecule has 1 aromatic carbocycles. The van der Waals surface area contributed by atoms with Gasteiger partial charge in [-0.25, -0.2) is 13.1 Å². The maximum atomic E-state index is 12.4. The number of carbonyl (C=O) groups excluding carboxylic acids is 2. The van der Waals surface area contributed by atoms with Gasteiger partial charge in [-0.15, -0.1) is 0 Å². The predicted octanol–water partition coefficient (Wildman–Crippen LogP) is 1.12. The Kier molecular flexibility index (Phi) is 7.59. The second-order valence-corrected chi connectivity index (χ2v) is 8.20. The van der Waals surface area contributed by atoms with Crippen molar-refractivity contribution in [1.82, 2.24) is 14.9 Å². The molecular formula is C18H27N3O4S. The first-order valence-electron chi connectivity index (χ1n) is 9.04. The molecule has 0 spiro atoms. The number of benzene rings is 1. The summed E-state index contributed by atoms with van der Waals surface area (Å²) in [6.07, 6.45) is 2.52. The molecule has 0 aliphatic carbocycles. The summed E-state index contributed by atoms with van der Waals surface area (Å²) in [5, 5.41) is 2.87. The number of nitrogens with one attached hydrogen (secondary N) is 2. The smallest absolute Gasteiger partial charge is 0.240 e. The molecule has 7 nitrogen and oxygen atoms in total. The Morgan fingerprint density at radius 3 is 2.62 bits per heavy atom. The van der Waals surface area contributed by atoms with E-state index in [1.165, 1.54) is 12.1 Å². The minimum absolute atomic E-state index is 0.00543. The van der Waals surface area contributed by atoms with Crippen LogP contribution in [-0.2, 0) is 19.6 Å². The molecule has 1 unspecified atom stereocenters. The Balaban J connectivity index is 1.81. The van der Waals surface area contributed by atoms with Crippen molar-refractivity contribution in [2.75, 3.05) is 26.2 Å². The fraction of sp³-hybridized carbons (Fsp3) is 0.556. The number of amides is 2. The molecule has 1 aromatic rings. The molecule has 144 valence electrons. The zero-order valence-corrected chi connectivity index (χ0v) is 15.9. The van der Waals surface area contributed by atoms with Crippen LogP contribution in [0.25, 0.3) is 0 Å². The van der Waals surface area contributed by atoms with E-state index in [2.05, 4.69) is 10.0 Å². The Labute approximate surface area is 155 Å². The molecule has 0 saturated carbocycles. The van der Waals surface area contributed by atoms with Crippen LogP contribution >= 0.6 is 0 Å². The highest BCUT2D eigenvalue weighted by Crippen LogP contribution is 2.17. The number of hydrogen-bond donors (Lipinski definition) is 2. The topological polar surface area (TPSA) is 95.6 Å². The van der Waals surface area contributed by atoms with Crippen LogP contribution in [0.15, 0.2) is 35.2 Å². The molecule has 2 rings (SSSR count). The summed E-state index contributed by atoms with van der Waals surface area (Å²) in [7, 11) is -3.61. The van der Waals surface area contributed by atoms with Crippen LogP contribution in [0.4, 0.5) is 0 Å². The summed E-state index contributed by atoms with van der Waals surface area (Å²) in [6, 6.07) is 8.06. The quantitative estimate of drug-likeness (QED) is 0.705. The third-order valence-electron chi connectivity index (χ3n) is 4.38. The number of carbonyl (C=O) groups is 2. The van der Waals surface area contributed by atoms with Crippen LogP contribution in [0.3, 0.4) is 0 Å². The Hall–Kier alpha value is -1.93. The van der Waals surface area contributed by atoms with Gasteiger partial charge >= 0.3 is 0 Å². The molecule has 2 N–H and O–H groups in total. The highest BCUT2D eigenvalue weighted by atomic mass is 32.2. The average molecular weight is 381 g/mol. The largest absolute Gasteiger partial charge is 0.356 e. The second-order valence-electron chi connectivity index (χ2n) is 6.43. The van der Waals surface area contributed by atoms with Gasteiger partial charge in [-0.3, -0.25) is 9.59 Å². The van der Waals surface area contributed by atoms with Crippen LogP contribution in [0.1, 0.15) is 32.6 Å². The molecule has 1 atom stereocenters. The molecule has 8 heteroatoms. The lowest BCUT2D eigenvalue weighted by Gasteiger charge is -2.32. The number of hydrogen-bond acceptors (Lipinski definition) is 4. The lowest BCUT2D eigenvalue weighted by Crippen LogP contribution is -2.46. The molecule has 1 aliphatic rings. The molecule has 26 heavy (non-hydrogen) atoms. The van der Waals surface area contributed by atoms with Crippen molar-refractivity contribution in [1.29, 1.82) is 0 Å². The van der Waals surface area contributed by atoms with Gasteiger partial charge in [-0.1, -0.05) is 25.1 Å². The lowest BCUT2D eigenvalue weighted by molar-refractivity contribution is -0.135. The van der Waals surface area contributed by atoms with Crippen molar-refractivity contribution in [2.24, 2.45) is 5.92 Å². The van der Waals surface area contributed by atoms with E-state index >= 15 is 0 Å². The summed E-state index contributed by atoms with van der Waals surface area (Å²) >= 11 is 0. The van der Waals surface area contributed by atoms with Gasteiger partial charge < -0.3 is 10.2 Å². The maximum absolute atomic E-state index is 12.4. The predicted molar refractivity (Wildman–Crippen MR) is 98.9 cm³/mol. The van der Waals surface area contributed by atoms with Crippen molar-refractivity contribution in [3.8, 4) is 0 Å². The van der Waals surface area contributed by atoms with Gasteiger partial charge in [0.05, 0.1) is 10.8 Å². The van der Waals surface area contributed by atoms with Crippen molar-refractivity contribution in [3.05, 3.63) is 30.3 Å². The third-order valence-corrected chi connectivity index (χ3v) is 5.86. The normalized spacial score (nSPS) is 17.7. The zero-order chi connectivity index (χ0) is 19.0. The summed E-state index contributed by atoms with van der Waals surface area (Å²) in [5.74, 6) is -0.317. The summed E-state index contributed by atoms with van der Waals surface area (Å²) < 4.78 is 26.7. The van der Waals surface area contributed by atoms with Gasteiger partial charge in [0.2, 0.25) is 21.8 Å². The Morgan fingerprint density at radius 1 is 1.19 bits per heavy atom. The number of piperidine rings is 1. The van der Waals surface area contributed by atoms with E-state index in [1.807, 2.05) is 6.92 Å². The van der Waals surface area contributed by atoms with E-state index in [0.29, 0.717) is 19.6 Å². The van der Waals surface area contributed by atoms with Gasteiger partial charge in [-0.05, 0) is 31.4 Å². The Morgan fingerprint density at radius 2 is 1.92 bits per heavy atom. The fourth-order valence-electron chi connectivity index (χ4n) is 2.94. The van der Waals surface area contributed by atoms with E-state index in [-0.39, 0.29) is 35.6 Å².